The van der Waals surface area contributed by atoms with Crippen LogP contribution in [0.1, 0.15) is 53.8 Å². The molecule has 3 heterocycles. The number of ketones is 1. The third-order valence-corrected chi connectivity index (χ3v) is 10.3. The lowest BCUT2D eigenvalue weighted by molar-refractivity contribution is -0.112. The summed E-state index contributed by atoms with van der Waals surface area (Å²) in [7, 11) is 2.02. The quantitative estimate of drug-likeness (QED) is 0.152. The van der Waals surface area contributed by atoms with Crippen molar-refractivity contribution in [2.45, 2.75) is 63.9 Å². The predicted octanol–water partition coefficient (Wildman–Crippen LogP) is 6.92. The fourth-order valence-corrected chi connectivity index (χ4v) is 8.27. The molecule has 1 aliphatic heterocycles. The van der Waals surface area contributed by atoms with Gasteiger partial charge in [-0.1, -0.05) is 61.5 Å². The Labute approximate surface area is 237 Å². The Balaban J connectivity index is 1.39. The summed E-state index contributed by atoms with van der Waals surface area (Å²) in [6.45, 7) is 8.40. The average Bonchev–Trinajstić information content (AvgIpc) is 3.37. The van der Waals surface area contributed by atoms with Crippen LogP contribution in [0.4, 0.5) is 5.69 Å². The van der Waals surface area contributed by atoms with Crippen molar-refractivity contribution in [1.29, 1.82) is 0 Å². The summed E-state index contributed by atoms with van der Waals surface area (Å²) < 4.78 is 1.74. The van der Waals surface area contributed by atoms with E-state index in [9.17, 15) is 9.59 Å². The fraction of sp³-hybridized carbons (Fsp3) is 0.344. The molecule has 0 unspecified atom stereocenters. The van der Waals surface area contributed by atoms with Crippen molar-refractivity contribution < 1.29 is 4.79 Å². The average molecular weight is 556 g/mol. The Hall–Kier alpha value is -3.16. The molecule has 2 aromatic carbocycles. The van der Waals surface area contributed by atoms with E-state index in [0.29, 0.717) is 5.16 Å². The van der Waals surface area contributed by atoms with Gasteiger partial charge < -0.3 is 4.90 Å². The second kappa shape index (κ2) is 9.79. The molecule has 4 aromatic rings. The maximum Gasteiger partial charge on any atom is 0.267 e. The zero-order valence-electron chi connectivity index (χ0n) is 23.1. The van der Waals surface area contributed by atoms with Crippen molar-refractivity contribution in [3.63, 3.8) is 0 Å². The molecule has 0 radical (unpaired) electrons. The Kier molecular flexibility index (Phi) is 6.55. The van der Waals surface area contributed by atoms with Gasteiger partial charge in [-0.25, -0.2) is 4.98 Å². The molecule has 0 fully saturated rings. The van der Waals surface area contributed by atoms with E-state index in [1.54, 1.807) is 22.0 Å². The minimum absolute atomic E-state index is 0.00901. The molecular weight excluding hydrogens is 523 g/mol. The van der Waals surface area contributed by atoms with Crippen molar-refractivity contribution in [2.24, 2.45) is 0 Å². The number of rotatable bonds is 5. The SMILES string of the molecule is Cc1ccc(-n2c(SCC(=O)C=C3N(C)c4ccccc4C3(C)C)nc3sc4c(c3c2=O)CCCC4)c(C)c1. The number of carbonyl (C=O) groups excluding carboxylic acids is 1. The van der Waals surface area contributed by atoms with E-state index in [1.807, 2.05) is 38.2 Å². The number of thioether (sulfide) groups is 1. The standard InChI is InChI=1S/C32H33N3O2S2/c1-19-14-15-24(20(2)16-19)35-30(37)28-22-10-6-9-13-26(22)39-29(28)33-31(35)38-18-21(36)17-27-32(3,4)23-11-7-8-12-25(23)34(27)5/h7-8,11-12,14-17H,6,9-10,13,18H2,1-5H3. The second-order valence-corrected chi connectivity index (χ2v) is 13.2. The lowest BCUT2D eigenvalue weighted by Gasteiger charge is -2.24. The van der Waals surface area contributed by atoms with Gasteiger partial charge in [-0.15, -0.1) is 11.3 Å². The van der Waals surface area contributed by atoms with Crippen molar-refractivity contribution in [3.05, 3.63) is 91.7 Å². The van der Waals surface area contributed by atoms with E-state index in [1.165, 1.54) is 27.8 Å². The number of benzene rings is 2. The lowest BCUT2D eigenvalue weighted by Crippen LogP contribution is -2.25. The zero-order valence-corrected chi connectivity index (χ0v) is 24.8. The topological polar surface area (TPSA) is 55.2 Å². The summed E-state index contributed by atoms with van der Waals surface area (Å²) in [6, 6.07) is 14.4. The number of anilines is 1. The van der Waals surface area contributed by atoms with E-state index in [0.717, 1.165) is 64.1 Å². The van der Waals surface area contributed by atoms with E-state index in [4.69, 9.17) is 4.98 Å². The fourth-order valence-electron chi connectivity index (χ4n) is 6.14. The first-order chi connectivity index (χ1) is 18.7. The number of likely N-dealkylation sites (N-methyl/N-ethyl adjacent to an activating group) is 1. The van der Waals surface area contributed by atoms with Gasteiger partial charge in [0.25, 0.3) is 5.56 Å². The molecule has 5 nitrogen and oxygen atoms in total. The highest BCUT2D eigenvalue weighted by molar-refractivity contribution is 7.99. The minimum Gasteiger partial charge on any atom is -0.347 e. The maximum absolute atomic E-state index is 14.1. The van der Waals surface area contributed by atoms with Crippen LogP contribution >= 0.6 is 23.1 Å². The number of thiophene rings is 1. The Morgan fingerprint density at radius 3 is 2.64 bits per heavy atom. The number of nitrogens with zero attached hydrogens (tertiary/aromatic N) is 3. The first kappa shape index (κ1) is 26.1. The van der Waals surface area contributed by atoms with Crippen LogP contribution in [-0.4, -0.2) is 28.1 Å². The summed E-state index contributed by atoms with van der Waals surface area (Å²) in [4.78, 5) is 36.7. The number of para-hydroxylation sites is 1. The molecular formula is C32H33N3O2S2. The van der Waals surface area contributed by atoms with Crippen LogP contribution in [0.2, 0.25) is 0 Å². The molecule has 2 aliphatic rings. The van der Waals surface area contributed by atoms with Crippen molar-refractivity contribution in [1.82, 2.24) is 9.55 Å². The second-order valence-electron chi connectivity index (χ2n) is 11.2. The van der Waals surface area contributed by atoms with Gasteiger partial charge in [0.15, 0.2) is 10.9 Å². The minimum atomic E-state index is -0.264. The van der Waals surface area contributed by atoms with Gasteiger partial charge in [-0.3, -0.25) is 14.2 Å². The number of carbonyl (C=O) groups is 1. The molecule has 0 amide bonds. The van der Waals surface area contributed by atoms with Crippen LogP contribution < -0.4 is 10.5 Å². The number of aromatic nitrogens is 2. The van der Waals surface area contributed by atoms with Crippen molar-refractivity contribution >= 4 is 44.8 Å². The number of hydrogen-bond donors (Lipinski definition) is 0. The van der Waals surface area contributed by atoms with Crippen LogP contribution in [0.3, 0.4) is 0 Å². The highest BCUT2D eigenvalue weighted by Gasteiger charge is 2.38. The Bertz CT molecular complexity index is 1730. The first-order valence-corrected chi connectivity index (χ1v) is 15.3. The van der Waals surface area contributed by atoms with Crippen molar-refractivity contribution in [3.8, 4) is 5.69 Å². The largest absolute Gasteiger partial charge is 0.347 e. The van der Waals surface area contributed by atoms with Gasteiger partial charge in [0.2, 0.25) is 0 Å². The van der Waals surface area contributed by atoms with Crippen LogP contribution in [0.5, 0.6) is 0 Å². The molecule has 2 aromatic heterocycles. The number of aryl methyl sites for hydroxylation is 4. The van der Waals surface area contributed by atoms with Gasteiger partial charge in [0, 0.05) is 34.8 Å². The Morgan fingerprint density at radius 2 is 1.87 bits per heavy atom. The summed E-state index contributed by atoms with van der Waals surface area (Å²) in [5.74, 6) is 0.215. The molecule has 6 rings (SSSR count). The molecule has 39 heavy (non-hydrogen) atoms. The lowest BCUT2D eigenvalue weighted by atomic mass is 9.83. The number of hydrogen-bond acceptors (Lipinski definition) is 6. The van der Waals surface area contributed by atoms with Gasteiger partial charge in [0.05, 0.1) is 16.8 Å². The molecule has 0 N–H and O–H groups in total. The van der Waals surface area contributed by atoms with Gasteiger partial charge in [0.1, 0.15) is 4.83 Å². The van der Waals surface area contributed by atoms with Crippen LogP contribution in [0, 0.1) is 13.8 Å². The summed E-state index contributed by atoms with van der Waals surface area (Å²) in [5, 5.41) is 1.34. The van der Waals surface area contributed by atoms with Crippen LogP contribution in [0.25, 0.3) is 15.9 Å². The first-order valence-electron chi connectivity index (χ1n) is 13.5. The molecule has 0 spiro atoms. The molecule has 0 atom stereocenters. The monoisotopic (exact) mass is 555 g/mol. The normalized spacial score (nSPS) is 17.1. The van der Waals surface area contributed by atoms with E-state index < -0.39 is 0 Å². The van der Waals surface area contributed by atoms with Crippen LogP contribution in [-0.2, 0) is 23.1 Å². The van der Waals surface area contributed by atoms with E-state index in [-0.39, 0.29) is 22.5 Å². The predicted molar refractivity (Wildman–Crippen MR) is 163 cm³/mol. The summed E-state index contributed by atoms with van der Waals surface area (Å²) in [5.41, 5.74) is 7.22. The molecule has 0 bridgehead atoms. The van der Waals surface area contributed by atoms with Gasteiger partial charge >= 0.3 is 0 Å². The highest BCUT2D eigenvalue weighted by Crippen LogP contribution is 2.46. The highest BCUT2D eigenvalue weighted by atomic mass is 32.2. The number of allylic oxidation sites excluding steroid dienone is 2. The summed E-state index contributed by atoms with van der Waals surface area (Å²) >= 11 is 3.00. The Morgan fingerprint density at radius 1 is 1.10 bits per heavy atom. The molecule has 200 valence electrons. The maximum atomic E-state index is 14.1. The summed E-state index contributed by atoms with van der Waals surface area (Å²) in [6.07, 6.45) is 5.98. The number of fused-ring (bicyclic) bond motifs is 4. The smallest absolute Gasteiger partial charge is 0.267 e. The van der Waals surface area contributed by atoms with Gasteiger partial charge in [-0.05, 0) is 68.4 Å². The van der Waals surface area contributed by atoms with Crippen LogP contribution in [0.15, 0.2) is 64.2 Å². The third-order valence-electron chi connectivity index (χ3n) is 8.13. The molecule has 0 saturated heterocycles. The zero-order chi connectivity index (χ0) is 27.5. The molecule has 1 aliphatic carbocycles. The molecule has 7 heteroatoms. The van der Waals surface area contributed by atoms with E-state index >= 15 is 0 Å². The van der Waals surface area contributed by atoms with Gasteiger partial charge in [-0.2, -0.15) is 0 Å². The third kappa shape index (κ3) is 4.36. The van der Waals surface area contributed by atoms with Crippen molar-refractivity contribution in [2.75, 3.05) is 17.7 Å². The van der Waals surface area contributed by atoms with E-state index in [2.05, 4.69) is 43.9 Å². The molecule has 0 saturated carbocycles.